The maximum Gasteiger partial charge on any atom is 0.408 e. The van der Waals surface area contributed by atoms with E-state index in [2.05, 4.69) is 20.5 Å². The fourth-order valence-electron chi connectivity index (χ4n) is 2.69. The van der Waals surface area contributed by atoms with Crippen molar-refractivity contribution in [3.8, 4) is 11.1 Å². The van der Waals surface area contributed by atoms with E-state index < -0.39 is 12.2 Å². The number of aromatic nitrogens is 3. The molecule has 3 aromatic rings. The van der Waals surface area contributed by atoms with Crippen LogP contribution in [0.4, 0.5) is 30.5 Å². The van der Waals surface area contributed by atoms with Crippen LogP contribution in [0.1, 0.15) is 6.92 Å². The zero-order chi connectivity index (χ0) is 17.8. The standard InChI is InChI=1S/C16H14F3N6/c1-9(16(17,18)19)21-15-20-8-14-11(5-6-25(14)23-15)10-3-4-12-13(7-10)24(2)22-12/h3-9H,1-2H3,(H,20,21,23)/q+1/t9-/m1/s1. The van der Waals surface area contributed by atoms with Gasteiger partial charge in [-0.15, -0.1) is 5.10 Å². The van der Waals surface area contributed by atoms with Gasteiger partial charge in [0.25, 0.3) is 5.69 Å². The number of fused-ring (bicyclic) bond motifs is 2. The highest BCUT2D eigenvalue weighted by molar-refractivity contribution is 5.83. The number of nitrogens with zero attached hydrogens (tertiary/aromatic N) is 5. The minimum atomic E-state index is -4.36. The summed E-state index contributed by atoms with van der Waals surface area (Å²) in [6.07, 6.45) is -1.15. The molecule has 1 aliphatic heterocycles. The second-order valence-corrected chi connectivity index (χ2v) is 5.88. The fraction of sp³-hybridized carbons (Fsp3) is 0.250. The van der Waals surface area contributed by atoms with Gasteiger partial charge in [-0.05, 0) is 24.6 Å². The molecular weight excluding hydrogens is 333 g/mol. The molecule has 0 unspecified atom stereocenters. The van der Waals surface area contributed by atoms with Crippen molar-refractivity contribution in [2.24, 2.45) is 5.11 Å². The first-order valence-electron chi connectivity index (χ1n) is 7.60. The van der Waals surface area contributed by atoms with Gasteiger partial charge >= 0.3 is 6.18 Å². The third-order valence-electron chi connectivity index (χ3n) is 4.15. The van der Waals surface area contributed by atoms with E-state index in [9.17, 15) is 13.2 Å². The summed E-state index contributed by atoms with van der Waals surface area (Å²) >= 11 is 0. The Kier molecular flexibility index (Phi) is 3.28. The highest BCUT2D eigenvalue weighted by atomic mass is 19.4. The average Bonchev–Trinajstić information content (AvgIpc) is 2.96. The first-order chi connectivity index (χ1) is 11.8. The lowest BCUT2D eigenvalue weighted by Crippen LogP contribution is -2.33. The molecular formula is C16H14F3N6+. The van der Waals surface area contributed by atoms with Gasteiger partial charge in [0.15, 0.2) is 7.05 Å². The number of hydrogen-bond donors (Lipinski definition) is 1. The van der Waals surface area contributed by atoms with E-state index in [1.165, 1.54) is 10.7 Å². The van der Waals surface area contributed by atoms with Gasteiger partial charge in [-0.2, -0.15) is 13.2 Å². The summed E-state index contributed by atoms with van der Waals surface area (Å²) < 4.78 is 41.2. The molecule has 1 N–H and O–H groups in total. The molecule has 0 bridgehead atoms. The van der Waals surface area contributed by atoms with Gasteiger partial charge in [-0.25, -0.2) is 9.50 Å². The lowest BCUT2D eigenvalue weighted by atomic mass is 10.1. The molecule has 0 aliphatic carbocycles. The van der Waals surface area contributed by atoms with Crippen LogP contribution in [0.25, 0.3) is 16.6 Å². The van der Waals surface area contributed by atoms with Crippen LogP contribution in [-0.4, -0.2) is 38.6 Å². The number of nitrogens with one attached hydrogen (secondary N) is 1. The Morgan fingerprint density at radius 3 is 2.76 bits per heavy atom. The summed E-state index contributed by atoms with van der Waals surface area (Å²) in [4.78, 5) is 4.02. The van der Waals surface area contributed by atoms with Crippen LogP contribution in [0.3, 0.4) is 0 Å². The summed E-state index contributed by atoms with van der Waals surface area (Å²) in [5.41, 5.74) is 4.53. The van der Waals surface area contributed by atoms with Crippen molar-refractivity contribution in [2.75, 3.05) is 12.4 Å². The molecule has 0 saturated heterocycles. The number of rotatable bonds is 3. The highest BCUT2D eigenvalue weighted by Crippen LogP contribution is 2.39. The number of hydrogen-bond acceptors (Lipinski definition) is 4. The van der Waals surface area contributed by atoms with Crippen LogP contribution in [0.2, 0.25) is 0 Å². The van der Waals surface area contributed by atoms with Crippen molar-refractivity contribution < 1.29 is 17.9 Å². The van der Waals surface area contributed by atoms with Gasteiger partial charge in [0.1, 0.15) is 6.04 Å². The summed E-state index contributed by atoms with van der Waals surface area (Å²) in [6, 6.07) is 6.01. The lowest BCUT2D eigenvalue weighted by Gasteiger charge is -2.16. The smallest absolute Gasteiger partial charge is 0.341 e. The Morgan fingerprint density at radius 2 is 2.04 bits per heavy atom. The molecule has 0 saturated carbocycles. The van der Waals surface area contributed by atoms with Gasteiger partial charge in [-0.1, -0.05) is 10.8 Å². The summed E-state index contributed by atoms with van der Waals surface area (Å²) in [7, 11) is 1.87. The molecule has 1 aliphatic rings. The van der Waals surface area contributed by atoms with Crippen molar-refractivity contribution >= 4 is 22.8 Å². The molecule has 25 heavy (non-hydrogen) atoms. The highest BCUT2D eigenvalue weighted by Gasteiger charge is 2.36. The number of alkyl halides is 3. The van der Waals surface area contributed by atoms with Crippen molar-refractivity contribution in [3.05, 3.63) is 36.7 Å². The SMILES string of the molecule is C[C@@H](Nc1ncc2c(-c3ccc4c(c3)[N+](C)=N4)ccn2n1)C(F)(F)F. The van der Waals surface area contributed by atoms with E-state index in [4.69, 9.17) is 0 Å². The first kappa shape index (κ1) is 15.6. The van der Waals surface area contributed by atoms with E-state index in [0.717, 1.165) is 29.4 Å². The third-order valence-corrected chi connectivity index (χ3v) is 4.15. The van der Waals surface area contributed by atoms with Gasteiger partial charge in [-0.3, -0.25) is 0 Å². The van der Waals surface area contributed by atoms with Gasteiger partial charge in [0, 0.05) is 22.9 Å². The topological polar surface area (TPSA) is 57.6 Å². The molecule has 0 radical (unpaired) electrons. The van der Waals surface area contributed by atoms with Crippen LogP contribution in [0.15, 0.2) is 41.8 Å². The van der Waals surface area contributed by atoms with Crippen molar-refractivity contribution in [1.82, 2.24) is 14.6 Å². The molecule has 0 fully saturated rings. The summed E-state index contributed by atoms with van der Waals surface area (Å²) in [5.74, 6) is -0.0739. The van der Waals surface area contributed by atoms with Crippen LogP contribution in [0, 0.1) is 0 Å². The van der Waals surface area contributed by atoms with Crippen LogP contribution in [-0.2, 0) is 0 Å². The second kappa shape index (κ2) is 5.27. The molecule has 0 spiro atoms. The molecule has 4 rings (SSSR count). The van der Waals surface area contributed by atoms with Gasteiger partial charge in [0.2, 0.25) is 11.6 Å². The largest absolute Gasteiger partial charge is 0.408 e. The Balaban J connectivity index is 1.67. The van der Waals surface area contributed by atoms with Crippen LogP contribution < -0.4 is 5.32 Å². The molecule has 2 aromatic heterocycles. The van der Waals surface area contributed by atoms with Crippen molar-refractivity contribution in [2.45, 2.75) is 19.1 Å². The zero-order valence-electron chi connectivity index (χ0n) is 13.4. The Bertz CT molecular complexity index is 1000. The van der Waals surface area contributed by atoms with Gasteiger partial charge < -0.3 is 5.32 Å². The van der Waals surface area contributed by atoms with E-state index in [-0.39, 0.29) is 5.95 Å². The third kappa shape index (κ3) is 2.61. The first-order valence-corrected chi connectivity index (χ1v) is 7.60. The molecule has 0 amide bonds. The molecule has 1 atom stereocenters. The zero-order valence-corrected chi connectivity index (χ0v) is 13.4. The molecule has 9 heteroatoms. The number of halogens is 3. The van der Waals surface area contributed by atoms with Gasteiger partial charge in [0.05, 0.1) is 11.7 Å². The Labute approximate surface area is 140 Å². The quantitative estimate of drug-likeness (QED) is 0.725. The molecule has 3 heterocycles. The van der Waals surface area contributed by atoms with E-state index in [0.29, 0.717) is 5.52 Å². The molecule has 128 valence electrons. The minimum Gasteiger partial charge on any atom is -0.341 e. The summed E-state index contributed by atoms with van der Waals surface area (Å²) in [5, 5.41) is 10.6. The number of azo groups is 2. The normalized spacial score (nSPS) is 14.7. The number of anilines is 1. The predicted octanol–water partition coefficient (Wildman–Crippen LogP) is 4.13. The fourth-order valence-corrected chi connectivity index (χ4v) is 2.69. The predicted molar refractivity (Wildman–Crippen MR) is 85.5 cm³/mol. The van der Waals surface area contributed by atoms with Crippen LogP contribution >= 0.6 is 0 Å². The minimum absolute atomic E-state index is 0.0739. The molecule has 6 nitrogen and oxygen atoms in total. The van der Waals surface area contributed by atoms with Crippen LogP contribution in [0.5, 0.6) is 0 Å². The maximum absolute atomic E-state index is 12.6. The second-order valence-electron chi connectivity index (χ2n) is 5.88. The van der Waals surface area contributed by atoms with E-state index >= 15 is 0 Å². The molecule has 1 aromatic carbocycles. The summed E-state index contributed by atoms with van der Waals surface area (Å²) in [6.45, 7) is 1.03. The van der Waals surface area contributed by atoms with E-state index in [1.807, 2.05) is 31.3 Å². The average molecular weight is 347 g/mol. The number of benzene rings is 1. The maximum atomic E-state index is 12.6. The Hall–Kier alpha value is -2.97. The van der Waals surface area contributed by atoms with E-state index in [1.54, 1.807) is 10.9 Å². The lowest BCUT2D eigenvalue weighted by molar-refractivity contribution is -0.494. The Morgan fingerprint density at radius 1 is 1.24 bits per heavy atom. The van der Waals surface area contributed by atoms with Crippen molar-refractivity contribution in [1.29, 1.82) is 0 Å². The monoisotopic (exact) mass is 347 g/mol. The van der Waals surface area contributed by atoms with Crippen molar-refractivity contribution in [3.63, 3.8) is 0 Å².